The molecule has 130 valence electrons. The van der Waals surface area contributed by atoms with Gasteiger partial charge in [0.25, 0.3) is 11.5 Å². The molecule has 0 radical (unpaired) electrons. The van der Waals surface area contributed by atoms with E-state index in [2.05, 4.69) is 15.5 Å². The molecule has 0 spiro atoms. The van der Waals surface area contributed by atoms with Gasteiger partial charge in [-0.15, -0.1) is 0 Å². The third-order valence-corrected chi connectivity index (χ3v) is 4.54. The minimum Gasteiger partial charge on any atom is -0.296 e. The Morgan fingerprint density at radius 1 is 1.27 bits per heavy atom. The largest absolute Gasteiger partial charge is 0.296 e. The van der Waals surface area contributed by atoms with Crippen LogP contribution >= 0.6 is 11.6 Å². The van der Waals surface area contributed by atoms with Gasteiger partial charge in [0.15, 0.2) is 0 Å². The van der Waals surface area contributed by atoms with Gasteiger partial charge in [0, 0.05) is 23.6 Å². The normalized spacial score (nSPS) is 13.3. The highest BCUT2D eigenvalue weighted by molar-refractivity contribution is 6.30. The van der Waals surface area contributed by atoms with E-state index in [9.17, 15) is 9.59 Å². The van der Waals surface area contributed by atoms with E-state index in [1.165, 1.54) is 6.21 Å². The first-order valence-corrected chi connectivity index (χ1v) is 8.62. The molecule has 4 rings (SSSR count). The highest BCUT2D eigenvalue weighted by Crippen LogP contribution is 2.16. The third kappa shape index (κ3) is 3.11. The van der Waals surface area contributed by atoms with Crippen molar-refractivity contribution in [2.45, 2.75) is 19.4 Å². The van der Waals surface area contributed by atoms with Gasteiger partial charge in [0.2, 0.25) is 0 Å². The number of hydrazone groups is 1. The summed E-state index contributed by atoms with van der Waals surface area (Å²) in [7, 11) is 0. The Kier molecular flexibility index (Phi) is 4.26. The molecule has 0 unspecified atom stereocenters. The minimum absolute atomic E-state index is 0.0477. The molecule has 0 saturated carbocycles. The lowest BCUT2D eigenvalue weighted by molar-refractivity contribution is 0.0955. The Hall–Kier alpha value is -2.99. The van der Waals surface area contributed by atoms with Crippen molar-refractivity contribution >= 4 is 34.6 Å². The molecule has 26 heavy (non-hydrogen) atoms. The van der Waals surface area contributed by atoms with Crippen molar-refractivity contribution in [2.75, 3.05) is 0 Å². The van der Waals surface area contributed by atoms with Crippen molar-refractivity contribution in [3.63, 3.8) is 0 Å². The van der Waals surface area contributed by atoms with E-state index in [1.807, 2.05) is 6.07 Å². The minimum atomic E-state index is -0.368. The molecule has 0 saturated heterocycles. The molecule has 1 N–H and O–H groups in total. The summed E-state index contributed by atoms with van der Waals surface area (Å²) in [6.45, 7) is 0.706. The number of hydrogen-bond acceptors (Lipinski definition) is 4. The fourth-order valence-electron chi connectivity index (χ4n) is 3.04. The zero-order valence-electron chi connectivity index (χ0n) is 13.8. The van der Waals surface area contributed by atoms with Crippen molar-refractivity contribution in [3.8, 4) is 0 Å². The van der Waals surface area contributed by atoms with E-state index in [-0.39, 0.29) is 11.5 Å². The molecule has 0 aliphatic carbocycles. The Morgan fingerprint density at radius 2 is 2.15 bits per heavy atom. The molecule has 1 aliphatic heterocycles. The Balaban J connectivity index is 1.57. The van der Waals surface area contributed by atoms with E-state index >= 15 is 0 Å². The molecular formula is C19H15ClN4O2. The molecule has 0 atom stereocenters. The molecule has 2 aromatic carbocycles. The number of aromatic nitrogens is 2. The fourth-order valence-corrected chi connectivity index (χ4v) is 3.24. The molecule has 0 bridgehead atoms. The molecule has 7 heteroatoms. The van der Waals surface area contributed by atoms with Gasteiger partial charge in [0.05, 0.1) is 17.1 Å². The van der Waals surface area contributed by atoms with E-state index < -0.39 is 0 Å². The van der Waals surface area contributed by atoms with Crippen LogP contribution < -0.4 is 11.0 Å². The van der Waals surface area contributed by atoms with E-state index in [0.29, 0.717) is 28.0 Å². The summed E-state index contributed by atoms with van der Waals surface area (Å²) in [6, 6.07) is 12.0. The summed E-state index contributed by atoms with van der Waals surface area (Å²) in [6.07, 6.45) is 3.22. The van der Waals surface area contributed by atoms with Crippen LogP contribution in [-0.4, -0.2) is 21.7 Å². The molecule has 0 fully saturated rings. The number of nitrogens with one attached hydrogen (secondary N) is 1. The monoisotopic (exact) mass is 366 g/mol. The van der Waals surface area contributed by atoms with Crippen LogP contribution in [0.2, 0.25) is 5.02 Å². The molecule has 2 heterocycles. The van der Waals surface area contributed by atoms with Crippen LogP contribution in [0.5, 0.6) is 0 Å². The van der Waals surface area contributed by atoms with Crippen molar-refractivity contribution < 1.29 is 4.79 Å². The predicted octanol–water partition coefficient (Wildman–Crippen LogP) is 2.76. The summed E-state index contributed by atoms with van der Waals surface area (Å²) < 4.78 is 1.71. The average molecular weight is 367 g/mol. The number of aryl methyl sites for hydroxylation is 1. The van der Waals surface area contributed by atoms with Crippen LogP contribution in [0.25, 0.3) is 10.9 Å². The summed E-state index contributed by atoms with van der Waals surface area (Å²) >= 11 is 5.91. The Morgan fingerprint density at radius 3 is 3.00 bits per heavy atom. The van der Waals surface area contributed by atoms with Gasteiger partial charge in [-0.3, -0.25) is 14.2 Å². The van der Waals surface area contributed by atoms with Crippen LogP contribution in [0.3, 0.4) is 0 Å². The van der Waals surface area contributed by atoms with Crippen LogP contribution in [0.4, 0.5) is 0 Å². The lowest BCUT2D eigenvalue weighted by Gasteiger charge is -2.06. The van der Waals surface area contributed by atoms with Gasteiger partial charge in [-0.05, 0) is 42.3 Å². The molecule has 1 aliphatic rings. The molecule has 3 aromatic rings. The summed E-state index contributed by atoms with van der Waals surface area (Å²) in [5.41, 5.74) is 4.14. The smallest absolute Gasteiger partial charge is 0.271 e. The second kappa shape index (κ2) is 6.72. The van der Waals surface area contributed by atoms with Crippen LogP contribution in [-0.2, 0) is 13.0 Å². The standard InChI is InChI=1S/C19H15ClN4O2/c20-14-4-1-3-12(9-14)11-21-23-18(25)13-6-7-15-16(10-13)22-17-5-2-8-24(17)19(15)26/h1,3-4,6-7,9-11H,2,5,8H2,(H,23,25)/b21-11-. The molecule has 6 nitrogen and oxygen atoms in total. The third-order valence-electron chi connectivity index (χ3n) is 4.31. The number of halogens is 1. The van der Waals surface area contributed by atoms with Gasteiger partial charge in [-0.25, -0.2) is 10.4 Å². The predicted molar refractivity (Wildman–Crippen MR) is 101 cm³/mol. The zero-order valence-corrected chi connectivity index (χ0v) is 14.5. The number of rotatable bonds is 3. The Bertz CT molecular complexity index is 1100. The van der Waals surface area contributed by atoms with Gasteiger partial charge in [-0.1, -0.05) is 23.7 Å². The first kappa shape index (κ1) is 16.5. The van der Waals surface area contributed by atoms with Crippen molar-refractivity contribution in [2.24, 2.45) is 5.10 Å². The van der Waals surface area contributed by atoms with Gasteiger partial charge < -0.3 is 0 Å². The van der Waals surface area contributed by atoms with Crippen LogP contribution in [0.15, 0.2) is 52.4 Å². The van der Waals surface area contributed by atoms with Crippen molar-refractivity contribution in [1.29, 1.82) is 0 Å². The zero-order chi connectivity index (χ0) is 18.1. The number of nitrogens with zero attached hydrogens (tertiary/aromatic N) is 3. The highest BCUT2D eigenvalue weighted by atomic mass is 35.5. The van der Waals surface area contributed by atoms with Crippen LogP contribution in [0.1, 0.15) is 28.2 Å². The molecule has 1 aromatic heterocycles. The number of hydrogen-bond donors (Lipinski definition) is 1. The first-order chi connectivity index (χ1) is 12.6. The topological polar surface area (TPSA) is 76.3 Å². The fraction of sp³-hybridized carbons (Fsp3) is 0.158. The Labute approximate surface area is 154 Å². The van der Waals surface area contributed by atoms with Gasteiger partial charge >= 0.3 is 0 Å². The highest BCUT2D eigenvalue weighted by Gasteiger charge is 2.16. The lowest BCUT2D eigenvalue weighted by Crippen LogP contribution is -2.22. The van der Waals surface area contributed by atoms with E-state index in [1.54, 1.807) is 41.0 Å². The number of amides is 1. The molecular weight excluding hydrogens is 352 g/mol. The number of carbonyl (C=O) groups is 1. The average Bonchev–Trinajstić information content (AvgIpc) is 3.10. The second-order valence-electron chi connectivity index (χ2n) is 6.07. The number of fused-ring (bicyclic) bond motifs is 2. The molecule has 1 amide bonds. The maximum atomic E-state index is 12.4. The lowest BCUT2D eigenvalue weighted by atomic mass is 10.1. The van der Waals surface area contributed by atoms with E-state index in [4.69, 9.17) is 11.6 Å². The van der Waals surface area contributed by atoms with Gasteiger partial charge in [-0.2, -0.15) is 5.10 Å². The quantitative estimate of drug-likeness (QED) is 0.572. The van der Waals surface area contributed by atoms with Crippen molar-refractivity contribution in [3.05, 3.63) is 74.8 Å². The van der Waals surface area contributed by atoms with Crippen LogP contribution in [0, 0.1) is 0 Å². The second-order valence-corrected chi connectivity index (χ2v) is 6.51. The first-order valence-electron chi connectivity index (χ1n) is 8.24. The summed E-state index contributed by atoms with van der Waals surface area (Å²) in [4.78, 5) is 29.3. The number of benzene rings is 2. The maximum Gasteiger partial charge on any atom is 0.271 e. The summed E-state index contributed by atoms with van der Waals surface area (Å²) in [5.74, 6) is 0.409. The van der Waals surface area contributed by atoms with E-state index in [0.717, 1.165) is 24.2 Å². The van der Waals surface area contributed by atoms with Crippen molar-refractivity contribution in [1.82, 2.24) is 15.0 Å². The van der Waals surface area contributed by atoms with Gasteiger partial charge in [0.1, 0.15) is 5.82 Å². The maximum absolute atomic E-state index is 12.4. The number of carbonyl (C=O) groups excluding carboxylic acids is 1. The summed E-state index contributed by atoms with van der Waals surface area (Å²) in [5, 5.41) is 5.06. The SMILES string of the molecule is O=C(N/N=C\c1cccc(Cl)c1)c1ccc2c(=O)n3c(nc2c1)CCC3.